The summed E-state index contributed by atoms with van der Waals surface area (Å²) < 4.78 is 48.5. The third kappa shape index (κ3) is 5.20. The summed E-state index contributed by atoms with van der Waals surface area (Å²) in [6.07, 6.45) is -2.77. The average molecular weight is 620 g/mol. The van der Waals surface area contributed by atoms with Crippen molar-refractivity contribution in [3.8, 4) is 0 Å². The Bertz CT molecular complexity index is 1580. The van der Waals surface area contributed by atoms with Crippen LogP contribution in [0.15, 0.2) is 24.5 Å². The van der Waals surface area contributed by atoms with Crippen LogP contribution in [0.25, 0.3) is 11.2 Å². The number of aliphatic hydroxyl groups excluding tert-OH is 2. The third-order valence-electron chi connectivity index (χ3n) is 7.44. The molecule has 0 bridgehead atoms. The van der Waals surface area contributed by atoms with Gasteiger partial charge in [-0.3, -0.25) is 13.7 Å². The molecule has 18 heteroatoms. The van der Waals surface area contributed by atoms with Gasteiger partial charge in [-0.25, -0.2) is 9.37 Å². The number of halogens is 2. The quantitative estimate of drug-likeness (QED) is 0.187. The van der Waals surface area contributed by atoms with Crippen molar-refractivity contribution >= 4 is 43.8 Å². The van der Waals surface area contributed by atoms with E-state index in [9.17, 15) is 28.6 Å². The Kier molecular flexibility index (Phi) is 6.87. The van der Waals surface area contributed by atoms with Crippen LogP contribution in [0.1, 0.15) is 17.4 Å². The molecule has 1 aromatic carbocycles. The Balaban J connectivity index is 1.19. The van der Waals surface area contributed by atoms with Crippen LogP contribution in [0.5, 0.6) is 0 Å². The molecule has 4 heterocycles. The second-order valence-corrected chi connectivity index (χ2v) is 14.9. The van der Waals surface area contributed by atoms with Crippen LogP contribution in [0.4, 0.5) is 10.2 Å². The lowest BCUT2D eigenvalue weighted by Gasteiger charge is -2.49. The van der Waals surface area contributed by atoms with Crippen LogP contribution in [0, 0.1) is 11.2 Å². The summed E-state index contributed by atoms with van der Waals surface area (Å²) in [4.78, 5) is 42.6. The topological polar surface area (TPSA) is 201 Å². The van der Waals surface area contributed by atoms with Gasteiger partial charge in [0.15, 0.2) is 29.1 Å². The highest BCUT2D eigenvalue weighted by molar-refractivity contribution is 7.70. The van der Waals surface area contributed by atoms with Crippen LogP contribution >= 0.6 is 26.8 Å². The molecule has 2 saturated heterocycles. The zero-order valence-corrected chi connectivity index (χ0v) is 23.2. The summed E-state index contributed by atoms with van der Waals surface area (Å²) in [6, 6.07) is 4.86. The number of ether oxygens (including phenoxy) is 1. The van der Waals surface area contributed by atoms with Gasteiger partial charge in [-0.1, -0.05) is 6.07 Å². The number of anilines is 1. The number of aromatic nitrogens is 4. The fraction of sp³-hybridized carbons (Fsp3) is 0.500. The first-order chi connectivity index (χ1) is 18.7. The van der Waals surface area contributed by atoms with Gasteiger partial charge in [0.25, 0.3) is 0 Å². The van der Waals surface area contributed by atoms with Gasteiger partial charge in [0, 0.05) is 18.5 Å². The lowest BCUT2D eigenvalue weighted by Crippen LogP contribution is -2.57. The highest BCUT2D eigenvalue weighted by atomic mass is 35.5. The van der Waals surface area contributed by atoms with E-state index < -0.39 is 52.2 Å². The molecule has 0 amide bonds. The van der Waals surface area contributed by atoms with E-state index in [4.69, 9.17) is 30.6 Å². The number of hydrogen-bond donors (Lipinski definition) is 5. The average Bonchev–Trinajstić information content (AvgIpc) is 3.49. The number of benzene rings is 1. The van der Waals surface area contributed by atoms with Crippen molar-refractivity contribution in [2.24, 2.45) is 5.41 Å². The van der Waals surface area contributed by atoms with Gasteiger partial charge in [-0.2, -0.15) is 9.97 Å². The maximum Gasteiger partial charge on any atom is 0.340 e. The van der Waals surface area contributed by atoms with E-state index >= 15 is 0 Å². The SMILES string of the molecule is O=P(O)(O)CP(=O)(O)OC[C@H]1O[C@@H](n2cnc3c(N4CC5(Cc6ccc(F)cc6C5)C4)nc(Cl)nc32)[C@@H](O)C1O. The molecule has 0 radical (unpaired) electrons. The monoisotopic (exact) mass is 619 g/mol. The van der Waals surface area contributed by atoms with E-state index in [1.807, 2.05) is 11.0 Å². The molecular weight excluding hydrogens is 595 g/mol. The molecule has 2 unspecified atom stereocenters. The molecule has 5 atom stereocenters. The smallest absolute Gasteiger partial charge is 0.340 e. The minimum atomic E-state index is -4.85. The first-order valence-electron chi connectivity index (χ1n) is 12.2. The lowest BCUT2D eigenvalue weighted by molar-refractivity contribution is -0.0483. The van der Waals surface area contributed by atoms with Gasteiger partial charge >= 0.3 is 15.2 Å². The van der Waals surface area contributed by atoms with E-state index in [-0.39, 0.29) is 22.2 Å². The first kappa shape index (κ1) is 28.1. The Morgan fingerprint density at radius 1 is 1.12 bits per heavy atom. The molecular formula is C22H25ClFN5O9P2. The highest BCUT2D eigenvalue weighted by Gasteiger charge is 2.49. The van der Waals surface area contributed by atoms with Crippen molar-refractivity contribution in [2.45, 2.75) is 37.4 Å². The normalized spacial score (nSPS) is 27.2. The Labute approximate surface area is 231 Å². The van der Waals surface area contributed by atoms with Crippen molar-refractivity contribution in [1.29, 1.82) is 0 Å². The molecule has 3 aliphatic rings. The Morgan fingerprint density at radius 3 is 2.58 bits per heavy atom. The number of hydrogen-bond acceptors (Lipinski definition) is 10. The molecule has 3 aromatic rings. The Hall–Kier alpha value is -2.03. The summed E-state index contributed by atoms with van der Waals surface area (Å²) in [7, 11) is -9.55. The molecule has 1 aliphatic carbocycles. The van der Waals surface area contributed by atoms with Gasteiger partial charge in [0.05, 0.1) is 12.9 Å². The fourth-order valence-electron chi connectivity index (χ4n) is 5.78. The molecule has 2 fully saturated rings. The van der Waals surface area contributed by atoms with Crippen molar-refractivity contribution < 1.29 is 47.7 Å². The summed E-state index contributed by atoms with van der Waals surface area (Å²) in [5, 5.41) is 21.1. The van der Waals surface area contributed by atoms with Crippen LogP contribution in [-0.4, -0.2) is 88.3 Å². The zero-order chi connectivity index (χ0) is 28.6. The van der Waals surface area contributed by atoms with E-state index in [0.29, 0.717) is 24.4 Å². The lowest BCUT2D eigenvalue weighted by atomic mass is 9.77. The standard InChI is InChI=1S/C22H25ClFN5O9P2/c23-21-26-18(28-7-22(8-28)4-11-1-2-13(24)3-12(11)5-22)15-19(27-21)29(9-25-15)20-17(31)16(30)14(38-20)6-37-40(35,36)10-39(32,33)34/h1-3,9,14,16-17,20,30-31H,4-8,10H2,(H,35,36)(H2,32,33,34)/t14-,16?,17+,20-/m1/s1. The Morgan fingerprint density at radius 2 is 1.85 bits per heavy atom. The van der Waals surface area contributed by atoms with Crippen molar-refractivity contribution in [3.05, 3.63) is 46.8 Å². The fourth-order valence-corrected chi connectivity index (χ4v) is 8.51. The van der Waals surface area contributed by atoms with Gasteiger partial charge < -0.3 is 39.1 Å². The second kappa shape index (κ2) is 9.77. The third-order valence-corrected chi connectivity index (χ3v) is 11.1. The summed E-state index contributed by atoms with van der Waals surface area (Å²) in [5.74, 6) is -1.20. The van der Waals surface area contributed by atoms with E-state index in [1.165, 1.54) is 17.0 Å². The van der Waals surface area contributed by atoms with Crippen LogP contribution < -0.4 is 4.90 Å². The van der Waals surface area contributed by atoms with Crippen molar-refractivity contribution in [1.82, 2.24) is 19.5 Å². The number of imidazole rings is 1. The molecule has 1 spiro atoms. The van der Waals surface area contributed by atoms with Crippen molar-refractivity contribution in [2.75, 3.05) is 30.5 Å². The number of rotatable bonds is 7. The summed E-state index contributed by atoms with van der Waals surface area (Å²) in [5.41, 5.74) is 2.64. The van der Waals surface area contributed by atoms with Gasteiger partial charge in [0.2, 0.25) is 5.28 Å². The maximum absolute atomic E-state index is 13.7. The molecule has 40 heavy (non-hydrogen) atoms. The first-order valence-corrected chi connectivity index (χ1v) is 16.1. The molecule has 216 valence electrons. The van der Waals surface area contributed by atoms with Crippen molar-refractivity contribution in [3.63, 3.8) is 0 Å². The minimum absolute atomic E-state index is 0.0591. The molecule has 2 aromatic heterocycles. The minimum Gasteiger partial charge on any atom is -0.387 e. The van der Waals surface area contributed by atoms with Gasteiger partial charge in [0.1, 0.15) is 24.1 Å². The van der Waals surface area contributed by atoms with E-state index in [0.717, 1.165) is 24.0 Å². The van der Waals surface area contributed by atoms with E-state index in [2.05, 4.69) is 15.0 Å². The second-order valence-electron chi connectivity index (χ2n) is 10.5. The number of fused-ring (bicyclic) bond motifs is 2. The molecule has 2 aliphatic heterocycles. The molecule has 0 saturated carbocycles. The molecule has 14 nitrogen and oxygen atoms in total. The highest BCUT2D eigenvalue weighted by Crippen LogP contribution is 2.55. The zero-order valence-electron chi connectivity index (χ0n) is 20.6. The van der Waals surface area contributed by atoms with Crippen LogP contribution in [0.3, 0.4) is 0 Å². The summed E-state index contributed by atoms with van der Waals surface area (Å²) >= 11 is 6.25. The predicted molar refractivity (Wildman–Crippen MR) is 137 cm³/mol. The number of aliphatic hydroxyl groups is 2. The summed E-state index contributed by atoms with van der Waals surface area (Å²) in [6.45, 7) is 0.544. The molecule has 5 N–H and O–H groups in total. The van der Waals surface area contributed by atoms with Crippen LogP contribution in [0.2, 0.25) is 5.28 Å². The predicted octanol–water partition coefficient (Wildman–Crippen LogP) is 1.18. The maximum atomic E-state index is 13.7. The van der Waals surface area contributed by atoms with Gasteiger partial charge in [-0.05, 0) is 47.7 Å². The van der Waals surface area contributed by atoms with Crippen LogP contribution in [-0.2, 0) is 31.2 Å². The largest absolute Gasteiger partial charge is 0.387 e. The number of nitrogens with zero attached hydrogens (tertiary/aromatic N) is 5. The van der Waals surface area contributed by atoms with E-state index in [1.54, 1.807) is 6.07 Å². The van der Waals surface area contributed by atoms with Gasteiger partial charge in [-0.15, -0.1) is 0 Å². The molecule has 6 rings (SSSR count).